The van der Waals surface area contributed by atoms with E-state index in [1.807, 2.05) is 19.2 Å². The normalized spacial score (nSPS) is 36.8. The molecule has 6 rings (SSSR count). The number of hydrogen-bond acceptors (Lipinski definition) is 2. The fourth-order valence-corrected chi connectivity index (χ4v) is 7.22. The van der Waals surface area contributed by atoms with Gasteiger partial charge in [0.05, 0.1) is 5.41 Å². The summed E-state index contributed by atoms with van der Waals surface area (Å²) >= 11 is 0. The number of carbonyl (C=O) groups excluding carboxylic acids is 1. The Bertz CT molecular complexity index is 713. The monoisotopic (exact) mass is 384 g/mol. The van der Waals surface area contributed by atoms with Gasteiger partial charge < -0.3 is 9.80 Å². The van der Waals surface area contributed by atoms with E-state index in [4.69, 9.17) is 0 Å². The standard InChI is InChI=1S/C24H33FN2O/c1-26(23(28)24-13-17-10-18(14-24)12-19(11-17)15-24)21-7-9-27(16-21)8-6-20-4-2-3-5-22(20)25/h2-5,17-19,21H,6-16H2,1H3. The number of likely N-dealkylation sites (N-methyl/N-ethyl adjacent to an activating group) is 1. The maximum atomic E-state index is 13.9. The summed E-state index contributed by atoms with van der Waals surface area (Å²) in [6.07, 6.45) is 9.36. The largest absolute Gasteiger partial charge is 0.341 e. The summed E-state index contributed by atoms with van der Waals surface area (Å²) in [6, 6.07) is 7.39. The lowest BCUT2D eigenvalue weighted by Gasteiger charge is -2.56. The van der Waals surface area contributed by atoms with Crippen molar-refractivity contribution in [1.82, 2.24) is 9.80 Å². The van der Waals surface area contributed by atoms with Crippen LogP contribution in [0.5, 0.6) is 0 Å². The van der Waals surface area contributed by atoms with Crippen molar-refractivity contribution in [1.29, 1.82) is 0 Å². The lowest BCUT2D eigenvalue weighted by Crippen LogP contribution is -2.55. The molecule has 0 spiro atoms. The van der Waals surface area contributed by atoms with Crippen LogP contribution in [0.1, 0.15) is 50.5 Å². The Morgan fingerprint density at radius 1 is 1.14 bits per heavy atom. The van der Waals surface area contributed by atoms with Crippen molar-refractivity contribution in [2.45, 2.75) is 57.4 Å². The van der Waals surface area contributed by atoms with E-state index in [1.165, 1.54) is 19.3 Å². The van der Waals surface area contributed by atoms with Crippen LogP contribution in [0.3, 0.4) is 0 Å². The van der Waals surface area contributed by atoms with E-state index in [-0.39, 0.29) is 11.2 Å². The van der Waals surface area contributed by atoms with Crippen LogP contribution in [0.15, 0.2) is 24.3 Å². The zero-order valence-electron chi connectivity index (χ0n) is 17.1. The molecule has 0 N–H and O–H groups in total. The van der Waals surface area contributed by atoms with Gasteiger partial charge in [0, 0.05) is 32.7 Å². The molecule has 4 heteroatoms. The Hall–Kier alpha value is -1.42. The van der Waals surface area contributed by atoms with Crippen LogP contribution in [0.2, 0.25) is 0 Å². The molecular formula is C24H33FN2O. The van der Waals surface area contributed by atoms with Crippen molar-refractivity contribution in [2.75, 3.05) is 26.7 Å². The van der Waals surface area contributed by atoms with Crippen molar-refractivity contribution in [3.05, 3.63) is 35.6 Å². The molecule has 1 atom stereocenters. The molecule has 1 aromatic carbocycles. The van der Waals surface area contributed by atoms with Crippen LogP contribution in [0.4, 0.5) is 4.39 Å². The summed E-state index contributed by atoms with van der Waals surface area (Å²) in [6.45, 7) is 2.82. The fraction of sp³-hybridized carbons (Fsp3) is 0.708. The second-order valence-corrected chi connectivity index (χ2v) is 10.2. The van der Waals surface area contributed by atoms with Gasteiger partial charge in [-0.15, -0.1) is 0 Å². The number of rotatable bonds is 5. The Balaban J connectivity index is 1.19. The number of likely N-dealkylation sites (tertiary alicyclic amines) is 1. The maximum Gasteiger partial charge on any atom is 0.228 e. The van der Waals surface area contributed by atoms with Gasteiger partial charge in [0.1, 0.15) is 5.82 Å². The average Bonchev–Trinajstić information content (AvgIpc) is 3.14. The minimum Gasteiger partial charge on any atom is -0.341 e. The first-order chi connectivity index (χ1) is 13.5. The third kappa shape index (κ3) is 3.28. The van der Waals surface area contributed by atoms with E-state index >= 15 is 0 Å². The van der Waals surface area contributed by atoms with E-state index in [0.29, 0.717) is 11.9 Å². The molecule has 1 aliphatic heterocycles. The van der Waals surface area contributed by atoms with Crippen molar-refractivity contribution < 1.29 is 9.18 Å². The quantitative estimate of drug-likeness (QED) is 0.762. The third-order valence-corrected chi connectivity index (χ3v) is 8.26. The highest BCUT2D eigenvalue weighted by molar-refractivity contribution is 5.83. The van der Waals surface area contributed by atoms with Crippen molar-refractivity contribution >= 4 is 5.91 Å². The van der Waals surface area contributed by atoms with Gasteiger partial charge in [-0.3, -0.25) is 4.79 Å². The zero-order valence-corrected chi connectivity index (χ0v) is 17.1. The summed E-state index contributed by atoms with van der Waals surface area (Å²) < 4.78 is 13.9. The van der Waals surface area contributed by atoms with Crippen LogP contribution < -0.4 is 0 Å². The minimum atomic E-state index is -0.104. The van der Waals surface area contributed by atoms with Gasteiger partial charge in [0.15, 0.2) is 0 Å². The molecular weight excluding hydrogens is 351 g/mol. The van der Waals surface area contributed by atoms with Gasteiger partial charge >= 0.3 is 0 Å². The first-order valence-electron chi connectivity index (χ1n) is 11.3. The van der Waals surface area contributed by atoms with Crippen LogP contribution in [-0.4, -0.2) is 48.4 Å². The van der Waals surface area contributed by atoms with Crippen LogP contribution >= 0.6 is 0 Å². The average molecular weight is 385 g/mol. The molecule has 1 aromatic rings. The minimum absolute atomic E-state index is 0.0376. The molecule has 5 aliphatic rings. The van der Waals surface area contributed by atoms with Crippen LogP contribution in [0, 0.1) is 29.0 Å². The summed E-state index contributed by atoms with van der Waals surface area (Å²) in [5.74, 6) is 2.76. The van der Waals surface area contributed by atoms with Crippen molar-refractivity contribution in [2.24, 2.45) is 23.2 Å². The highest BCUT2D eigenvalue weighted by atomic mass is 19.1. The molecule has 28 heavy (non-hydrogen) atoms. The highest BCUT2D eigenvalue weighted by Crippen LogP contribution is 2.60. The fourth-order valence-electron chi connectivity index (χ4n) is 7.22. The maximum absolute atomic E-state index is 13.9. The lowest BCUT2D eigenvalue weighted by molar-refractivity contribution is -0.158. The van der Waals surface area contributed by atoms with E-state index < -0.39 is 0 Å². The Morgan fingerprint density at radius 3 is 2.43 bits per heavy atom. The summed E-state index contributed by atoms with van der Waals surface area (Å²) in [5.41, 5.74) is 0.758. The molecule has 0 aromatic heterocycles. The molecule has 1 amide bonds. The molecule has 0 radical (unpaired) electrons. The zero-order chi connectivity index (χ0) is 19.3. The van der Waals surface area contributed by atoms with Crippen molar-refractivity contribution in [3.63, 3.8) is 0 Å². The van der Waals surface area contributed by atoms with Gasteiger partial charge in [-0.25, -0.2) is 4.39 Å². The first-order valence-corrected chi connectivity index (χ1v) is 11.3. The van der Waals surface area contributed by atoms with Gasteiger partial charge in [-0.2, -0.15) is 0 Å². The van der Waals surface area contributed by atoms with E-state index in [1.54, 1.807) is 12.1 Å². The number of halogens is 1. The van der Waals surface area contributed by atoms with Gasteiger partial charge in [0.25, 0.3) is 0 Å². The number of amides is 1. The molecule has 4 aliphatic carbocycles. The van der Waals surface area contributed by atoms with Crippen LogP contribution in [0.25, 0.3) is 0 Å². The SMILES string of the molecule is CN(C(=O)C12CC3CC(CC(C3)C1)C2)C1CCN(CCc2ccccc2F)C1. The molecule has 4 saturated carbocycles. The Labute approximate surface area is 168 Å². The molecule has 1 heterocycles. The Morgan fingerprint density at radius 2 is 1.79 bits per heavy atom. The number of carbonyl (C=O) groups is 1. The van der Waals surface area contributed by atoms with Crippen molar-refractivity contribution in [3.8, 4) is 0 Å². The number of nitrogens with zero attached hydrogens (tertiary/aromatic N) is 2. The highest BCUT2D eigenvalue weighted by Gasteiger charge is 2.55. The topological polar surface area (TPSA) is 23.6 Å². The summed E-state index contributed by atoms with van der Waals surface area (Å²) in [5, 5.41) is 0. The van der Waals surface area contributed by atoms with Gasteiger partial charge in [-0.1, -0.05) is 18.2 Å². The molecule has 1 saturated heterocycles. The molecule has 1 unspecified atom stereocenters. The predicted molar refractivity (Wildman–Crippen MR) is 108 cm³/mol. The van der Waals surface area contributed by atoms with Gasteiger partial charge in [0.2, 0.25) is 5.91 Å². The van der Waals surface area contributed by atoms with E-state index in [9.17, 15) is 9.18 Å². The number of hydrogen-bond donors (Lipinski definition) is 0. The molecule has 152 valence electrons. The molecule has 3 nitrogen and oxygen atoms in total. The molecule has 4 bridgehead atoms. The van der Waals surface area contributed by atoms with E-state index in [0.717, 1.165) is 75.1 Å². The smallest absolute Gasteiger partial charge is 0.228 e. The first kappa shape index (κ1) is 18.6. The van der Waals surface area contributed by atoms with Crippen LogP contribution in [-0.2, 0) is 11.2 Å². The number of benzene rings is 1. The summed E-state index contributed by atoms with van der Waals surface area (Å²) in [4.78, 5) is 18.1. The third-order valence-electron chi connectivity index (χ3n) is 8.26. The predicted octanol–water partition coefficient (Wildman–Crippen LogP) is 4.12. The molecule has 5 fully saturated rings. The summed E-state index contributed by atoms with van der Waals surface area (Å²) in [7, 11) is 2.05. The Kier molecular flexibility index (Phi) is 4.73. The van der Waals surface area contributed by atoms with Gasteiger partial charge in [-0.05, 0) is 80.8 Å². The van der Waals surface area contributed by atoms with E-state index in [2.05, 4.69) is 9.80 Å². The second-order valence-electron chi connectivity index (χ2n) is 10.2. The lowest BCUT2D eigenvalue weighted by atomic mass is 9.49. The second kappa shape index (κ2) is 7.12.